The van der Waals surface area contributed by atoms with E-state index >= 15 is 0 Å². The minimum Gasteiger partial charge on any atom is -0.510 e. The second-order valence-corrected chi connectivity index (χ2v) is 9.24. The number of methoxy groups -OCH3 is 1. The first-order valence-corrected chi connectivity index (χ1v) is 11.2. The number of nitrogens with two attached hydrogens (primary N) is 1. The fourth-order valence-electron chi connectivity index (χ4n) is 5.69. The SMILES string of the molecule is COc1ccc(N(C)C)c2c1C(=O)C1=C(O)[C@]3(O)C(=O)C(C(N)=O)=C(O)[C@H](NCCO)C3C[C@@H]1C2. The number of benzene rings is 1. The molecule has 7 N–H and O–H groups in total. The van der Waals surface area contributed by atoms with Crippen molar-refractivity contribution in [3.8, 4) is 5.75 Å². The molecule has 0 bridgehead atoms. The summed E-state index contributed by atoms with van der Waals surface area (Å²) in [6.07, 6.45) is 0.321. The van der Waals surface area contributed by atoms with Gasteiger partial charge in [0.1, 0.15) is 22.8 Å². The Kier molecular flexibility index (Phi) is 6.12. The monoisotopic (exact) mass is 487 g/mol. The Balaban J connectivity index is 1.95. The number of hydrogen-bond acceptors (Lipinski definition) is 10. The first kappa shape index (κ1) is 24.7. The van der Waals surface area contributed by atoms with E-state index in [9.17, 15) is 34.8 Å². The van der Waals surface area contributed by atoms with E-state index in [0.717, 1.165) is 5.69 Å². The fraction of sp³-hybridized carbons (Fsp3) is 0.458. The van der Waals surface area contributed by atoms with Gasteiger partial charge in [-0.15, -0.1) is 0 Å². The quantitative estimate of drug-likeness (QED) is 0.286. The average molecular weight is 488 g/mol. The lowest BCUT2D eigenvalue weighted by Gasteiger charge is -2.49. The molecule has 0 radical (unpaired) electrons. The van der Waals surface area contributed by atoms with Gasteiger partial charge >= 0.3 is 0 Å². The number of amides is 1. The molecule has 4 atom stereocenters. The van der Waals surface area contributed by atoms with Gasteiger partial charge in [0.2, 0.25) is 5.78 Å². The van der Waals surface area contributed by atoms with Gasteiger partial charge in [0, 0.05) is 37.8 Å². The molecule has 0 heterocycles. The zero-order valence-corrected chi connectivity index (χ0v) is 19.7. The molecule has 3 aliphatic rings. The highest BCUT2D eigenvalue weighted by Crippen LogP contribution is 2.52. The lowest BCUT2D eigenvalue weighted by Crippen LogP contribution is -2.64. The van der Waals surface area contributed by atoms with Gasteiger partial charge in [-0.25, -0.2) is 0 Å². The molecule has 188 valence electrons. The maximum absolute atomic E-state index is 13.7. The summed E-state index contributed by atoms with van der Waals surface area (Å²) in [6.45, 7) is -0.365. The molecule has 1 aromatic rings. The topological polar surface area (TPSA) is 183 Å². The van der Waals surface area contributed by atoms with Gasteiger partial charge in [0.15, 0.2) is 11.4 Å². The Morgan fingerprint density at radius 1 is 1.29 bits per heavy atom. The van der Waals surface area contributed by atoms with Crippen LogP contribution in [0.2, 0.25) is 0 Å². The molecular formula is C24H29N3O8. The van der Waals surface area contributed by atoms with Crippen LogP contribution in [0.15, 0.2) is 34.8 Å². The number of fused-ring (bicyclic) bond motifs is 3. The Hall–Kier alpha value is -3.41. The highest BCUT2D eigenvalue weighted by molar-refractivity contribution is 6.24. The van der Waals surface area contributed by atoms with Crippen molar-refractivity contribution < 1.29 is 39.5 Å². The number of carbonyl (C=O) groups excluding carboxylic acids is 3. The number of carbonyl (C=O) groups is 3. The summed E-state index contributed by atoms with van der Waals surface area (Å²) in [5, 5.41) is 45.8. The van der Waals surface area contributed by atoms with Crippen LogP contribution in [0.25, 0.3) is 0 Å². The van der Waals surface area contributed by atoms with Crippen molar-refractivity contribution in [3.63, 3.8) is 0 Å². The summed E-state index contributed by atoms with van der Waals surface area (Å²) < 4.78 is 5.40. The van der Waals surface area contributed by atoms with Crippen LogP contribution >= 0.6 is 0 Å². The summed E-state index contributed by atoms with van der Waals surface area (Å²) >= 11 is 0. The predicted molar refractivity (Wildman–Crippen MR) is 124 cm³/mol. The molecule has 0 saturated heterocycles. The smallest absolute Gasteiger partial charge is 0.255 e. The van der Waals surface area contributed by atoms with Crippen LogP contribution in [-0.2, 0) is 16.0 Å². The first-order valence-electron chi connectivity index (χ1n) is 11.2. The minimum absolute atomic E-state index is 0.0239. The Morgan fingerprint density at radius 2 is 1.97 bits per heavy atom. The molecule has 0 aromatic heterocycles. The van der Waals surface area contributed by atoms with Crippen molar-refractivity contribution in [2.24, 2.45) is 17.6 Å². The number of nitrogens with one attached hydrogen (secondary N) is 1. The third-order valence-corrected chi connectivity index (χ3v) is 7.22. The molecule has 11 nitrogen and oxygen atoms in total. The lowest BCUT2D eigenvalue weighted by molar-refractivity contribution is -0.146. The minimum atomic E-state index is -2.67. The molecule has 1 amide bonds. The number of anilines is 1. The number of allylic oxidation sites excluding steroid dienone is 1. The number of rotatable bonds is 6. The van der Waals surface area contributed by atoms with Crippen molar-refractivity contribution in [2.45, 2.75) is 24.5 Å². The third-order valence-electron chi connectivity index (χ3n) is 7.22. The molecular weight excluding hydrogens is 458 g/mol. The summed E-state index contributed by atoms with van der Waals surface area (Å²) in [4.78, 5) is 40.9. The molecule has 0 saturated carbocycles. The van der Waals surface area contributed by atoms with Crippen LogP contribution in [-0.4, -0.2) is 83.9 Å². The van der Waals surface area contributed by atoms with E-state index in [4.69, 9.17) is 10.5 Å². The van der Waals surface area contributed by atoms with E-state index in [0.29, 0.717) is 12.0 Å². The third kappa shape index (κ3) is 3.41. The van der Waals surface area contributed by atoms with E-state index in [2.05, 4.69) is 5.32 Å². The van der Waals surface area contributed by atoms with Gasteiger partial charge in [-0.2, -0.15) is 0 Å². The van der Waals surface area contributed by atoms with Crippen LogP contribution in [0.4, 0.5) is 5.69 Å². The largest absolute Gasteiger partial charge is 0.510 e. The maximum Gasteiger partial charge on any atom is 0.255 e. The number of nitrogens with zero attached hydrogens (tertiary/aromatic N) is 1. The van der Waals surface area contributed by atoms with E-state index in [-0.39, 0.29) is 36.5 Å². The summed E-state index contributed by atoms with van der Waals surface area (Å²) in [5.41, 5.74) is 3.36. The molecule has 35 heavy (non-hydrogen) atoms. The van der Waals surface area contributed by atoms with Crippen LogP contribution in [0.1, 0.15) is 22.3 Å². The van der Waals surface area contributed by atoms with Gasteiger partial charge in [-0.05, 0) is 36.5 Å². The van der Waals surface area contributed by atoms with Crippen molar-refractivity contribution in [1.82, 2.24) is 5.32 Å². The summed E-state index contributed by atoms with van der Waals surface area (Å²) in [7, 11) is 5.08. The fourth-order valence-corrected chi connectivity index (χ4v) is 5.69. The zero-order valence-electron chi connectivity index (χ0n) is 19.7. The van der Waals surface area contributed by atoms with Crippen LogP contribution < -0.4 is 20.7 Å². The van der Waals surface area contributed by atoms with Gasteiger partial charge in [-0.3, -0.25) is 14.4 Å². The average Bonchev–Trinajstić information content (AvgIpc) is 2.80. The number of Topliss-reactive ketones (excluding diaryl/α,β-unsaturated/α-hetero) is 2. The summed E-state index contributed by atoms with van der Waals surface area (Å²) in [5.74, 6) is -6.12. The summed E-state index contributed by atoms with van der Waals surface area (Å²) in [6, 6.07) is 2.28. The molecule has 0 aliphatic heterocycles. The van der Waals surface area contributed by atoms with Gasteiger partial charge in [0.25, 0.3) is 5.91 Å². The molecule has 1 unspecified atom stereocenters. The first-order chi connectivity index (χ1) is 16.5. The number of aliphatic hydroxyl groups is 4. The number of aliphatic hydroxyl groups excluding tert-OH is 3. The number of hydrogen-bond donors (Lipinski definition) is 6. The Labute approximate surface area is 201 Å². The Morgan fingerprint density at radius 3 is 2.54 bits per heavy atom. The molecule has 0 fully saturated rings. The standard InChI is InChI=1S/C24H29N3O8/c1-27(2)13-4-5-14(35-3)16-11(13)8-10-9-12-18(26-6-7-28)20(30)17(23(25)33)22(32)24(12,34)21(31)15(10)19(16)29/h4-5,10,12,18,26,28,30-31,34H,6-9H2,1-3H3,(H2,25,33)/t10-,12?,18+,24-/m0/s1. The van der Waals surface area contributed by atoms with Gasteiger partial charge < -0.3 is 41.1 Å². The second kappa shape index (κ2) is 8.67. The molecule has 0 spiro atoms. The predicted octanol–water partition coefficient (Wildman–Crippen LogP) is -0.490. The van der Waals surface area contributed by atoms with Crippen LogP contribution in [0, 0.1) is 11.8 Å². The van der Waals surface area contributed by atoms with E-state index in [1.54, 1.807) is 6.07 Å². The van der Waals surface area contributed by atoms with Gasteiger partial charge in [-0.1, -0.05) is 0 Å². The second-order valence-electron chi connectivity index (χ2n) is 9.24. The van der Waals surface area contributed by atoms with Crippen molar-refractivity contribution >= 4 is 23.2 Å². The highest BCUT2D eigenvalue weighted by atomic mass is 16.5. The normalized spacial score (nSPS) is 27.9. The number of ketones is 2. The Bertz CT molecular complexity index is 1190. The van der Waals surface area contributed by atoms with E-state index in [1.807, 2.05) is 25.1 Å². The van der Waals surface area contributed by atoms with E-state index in [1.165, 1.54) is 7.11 Å². The molecule has 1 aromatic carbocycles. The van der Waals surface area contributed by atoms with Crippen molar-refractivity contribution in [3.05, 3.63) is 45.9 Å². The maximum atomic E-state index is 13.7. The number of primary amides is 1. The van der Waals surface area contributed by atoms with Crippen molar-refractivity contribution in [1.29, 1.82) is 0 Å². The van der Waals surface area contributed by atoms with Gasteiger partial charge in [0.05, 0.1) is 25.3 Å². The van der Waals surface area contributed by atoms with E-state index < -0.39 is 58.0 Å². The van der Waals surface area contributed by atoms with Crippen molar-refractivity contribution in [2.75, 3.05) is 39.3 Å². The molecule has 3 aliphatic carbocycles. The van der Waals surface area contributed by atoms with Crippen LogP contribution in [0.5, 0.6) is 5.75 Å². The molecule has 11 heteroatoms. The lowest BCUT2D eigenvalue weighted by atomic mass is 9.58. The molecule has 4 rings (SSSR count). The zero-order chi connectivity index (χ0) is 25.8. The highest BCUT2D eigenvalue weighted by Gasteiger charge is 2.62. The number of ether oxygens (including phenoxy) is 1. The van der Waals surface area contributed by atoms with Crippen LogP contribution in [0.3, 0.4) is 0 Å².